The summed E-state index contributed by atoms with van der Waals surface area (Å²) in [6.07, 6.45) is 0.954. The fraction of sp³-hybridized carbons (Fsp3) is 0.500. The third-order valence-electron chi connectivity index (χ3n) is 0.458. The summed E-state index contributed by atoms with van der Waals surface area (Å²) in [5.41, 5.74) is 5.21. The van der Waals surface area contributed by atoms with E-state index in [9.17, 15) is 8.42 Å². The Morgan fingerprint density at radius 2 is 2.22 bits per heavy atom. The third-order valence-corrected chi connectivity index (χ3v) is 1.00. The quantitative estimate of drug-likeness (QED) is 0.549. The first-order chi connectivity index (χ1) is 3.92. The minimum absolute atomic E-state index is 0.140. The summed E-state index contributed by atoms with van der Waals surface area (Å²) < 4.78 is 24.7. The van der Waals surface area contributed by atoms with E-state index in [0.717, 1.165) is 6.26 Å². The normalized spacial score (nSPS) is 11.2. The molecule has 0 atom stereocenters. The van der Waals surface area contributed by atoms with Gasteiger partial charge in [0.05, 0.1) is 6.26 Å². The molecule has 0 rings (SSSR count). The Balaban J connectivity index is 3.67. The van der Waals surface area contributed by atoms with Crippen molar-refractivity contribution >= 4 is 10.1 Å². The molecule has 0 spiro atoms. The Bertz CT molecular complexity index is 194. The van der Waals surface area contributed by atoms with Crippen molar-refractivity contribution in [3.8, 4) is 0 Å². The zero-order chi connectivity index (χ0) is 7.49. The number of hydrogen-bond donors (Lipinski definition) is 1. The second kappa shape index (κ2) is 2.84. The summed E-state index contributed by atoms with van der Waals surface area (Å²) in [7, 11) is -3.36. The minimum Gasteiger partial charge on any atom is -0.401 e. The van der Waals surface area contributed by atoms with Crippen molar-refractivity contribution in [3.63, 3.8) is 0 Å². The van der Waals surface area contributed by atoms with E-state index in [1.54, 1.807) is 0 Å². The zero-order valence-electron chi connectivity index (χ0n) is 5.12. The summed E-state index contributed by atoms with van der Waals surface area (Å²) in [6, 6.07) is 0. The van der Waals surface area contributed by atoms with Gasteiger partial charge in [0.25, 0.3) is 10.1 Å². The van der Waals surface area contributed by atoms with Gasteiger partial charge >= 0.3 is 0 Å². The van der Waals surface area contributed by atoms with Gasteiger partial charge in [0.15, 0.2) is 0 Å². The number of nitrogens with two attached hydrogens (primary N) is 1. The first kappa shape index (κ1) is 8.45. The smallest absolute Gasteiger partial charge is 0.264 e. The molecule has 0 saturated carbocycles. The van der Waals surface area contributed by atoms with Crippen LogP contribution in [0.25, 0.3) is 0 Å². The molecule has 0 aromatic rings. The van der Waals surface area contributed by atoms with Crippen LogP contribution in [-0.2, 0) is 14.3 Å². The summed E-state index contributed by atoms with van der Waals surface area (Å²) in [5, 5.41) is 0. The van der Waals surface area contributed by atoms with Gasteiger partial charge in [-0.2, -0.15) is 8.42 Å². The van der Waals surface area contributed by atoms with Crippen molar-refractivity contribution in [2.24, 2.45) is 5.73 Å². The van der Waals surface area contributed by atoms with Crippen LogP contribution in [0.15, 0.2) is 12.3 Å². The van der Waals surface area contributed by atoms with Crippen LogP contribution >= 0.6 is 0 Å². The fourth-order valence-electron chi connectivity index (χ4n) is 0.183. The fourth-order valence-corrected chi connectivity index (χ4v) is 0.548. The highest BCUT2D eigenvalue weighted by Gasteiger charge is 1.99. The average Bonchev–Trinajstić information content (AvgIpc) is 1.59. The van der Waals surface area contributed by atoms with Gasteiger partial charge in [0.1, 0.15) is 6.61 Å². The van der Waals surface area contributed by atoms with E-state index < -0.39 is 10.1 Å². The van der Waals surface area contributed by atoms with Crippen molar-refractivity contribution in [2.45, 2.75) is 0 Å². The van der Waals surface area contributed by atoms with Gasteiger partial charge in [-0.25, -0.2) is 0 Å². The summed E-state index contributed by atoms with van der Waals surface area (Å²) in [6.45, 7) is 3.11. The van der Waals surface area contributed by atoms with E-state index in [1.165, 1.54) is 0 Å². The van der Waals surface area contributed by atoms with Crippen molar-refractivity contribution in [3.05, 3.63) is 12.3 Å². The molecule has 0 bridgehead atoms. The molecule has 0 unspecified atom stereocenters. The molecule has 0 saturated heterocycles. The average molecular weight is 151 g/mol. The molecule has 0 aromatic carbocycles. The van der Waals surface area contributed by atoms with E-state index in [4.69, 9.17) is 5.73 Å². The Morgan fingerprint density at radius 1 is 1.78 bits per heavy atom. The van der Waals surface area contributed by atoms with Crippen molar-refractivity contribution in [2.75, 3.05) is 12.9 Å². The van der Waals surface area contributed by atoms with Crippen LogP contribution in [0.5, 0.6) is 0 Å². The van der Waals surface area contributed by atoms with Gasteiger partial charge in [0.2, 0.25) is 0 Å². The zero-order valence-corrected chi connectivity index (χ0v) is 5.94. The summed E-state index contributed by atoms with van der Waals surface area (Å²) in [5.74, 6) is 0. The Hall–Kier alpha value is -0.550. The second-order valence-electron chi connectivity index (χ2n) is 1.62. The van der Waals surface area contributed by atoms with Crippen LogP contribution in [0.2, 0.25) is 0 Å². The lowest BCUT2D eigenvalue weighted by Crippen LogP contribution is -2.09. The SMILES string of the molecule is C=C(N)COS(C)(=O)=O. The second-order valence-corrected chi connectivity index (χ2v) is 3.27. The molecule has 54 valence electrons. The largest absolute Gasteiger partial charge is 0.401 e. The third kappa shape index (κ3) is 7.45. The molecular weight excluding hydrogens is 142 g/mol. The van der Waals surface area contributed by atoms with Gasteiger partial charge in [-0.1, -0.05) is 6.58 Å². The van der Waals surface area contributed by atoms with Crippen LogP contribution in [-0.4, -0.2) is 21.3 Å². The standard InChI is InChI=1S/C4H9NO3S/c1-4(5)3-8-9(2,6)7/h1,3,5H2,2H3. The molecule has 0 aliphatic heterocycles. The molecule has 0 amide bonds. The topological polar surface area (TPSA) is 69.4 Å². The first-order valence-electron chi connectivity index (χ1n) is 2.19. The summed E-state index contributed by atoms with van der Waals surface area (Å²) >= 11 is 0. The van der Waals surface area contributed by atoms with Gasteiger partial charge in [0, 0.05) is 5.70 Å². The molecule has 2 N–H and O–H groups in total. The Morgan fingerprint density at radius 3 is 2.33 bits per heavy atom. The van der Waals surface area contributed by atoms with Gasteiger partial charge in [-0.3, -0.25) is 4.18 Å². The van der Waals surface area contributed by atoms with E-state index >= 15 is 0 Å². The van der Waals surface area contributed by atoms with Crippen LogP contribution in [0.4, 0.5) is 0 Å². The lowest BCUT2D eigenvalue weighted by molar-refractivity contribution is 0.351. The number of rotatable bonds is 3. The van der Waals surface area contributed by atoms with E-state index in [-0.39, 0.29) is 12.3 Å². The highest BCUT2D eigenvalue weighted by atomic mass is 32.2. The van der Waals surface area contributed by atoms with E-state index in [2.05, 4.69) is 10.8 Å². The predicted molar refractivity (Wildman–Crippen MR) is 34.1 cm³/mol. The maximum absolute atomic E-state index is 10.2. The first-order valence-corrected chi connectivity index (χ1v) is 4.01. The molecule has 0 radical (unpaired) electrons. The highest BCUT2D eigenvalue weighted by Crippen LogP contribution is 1.87. The minimum atomic E-state index is -3.36. The monoisotopic (exact) mass is 151 g/mol. The van der Waals surface area contributed by atoms with Gasteiger partial charge in [-0.05, 0) is 0 Å². The molecule has 0 aliphatic rings. The predicted octanol–water partition coefficient (Wildman–Crippen LogP) is -0.565. The molecule has 0 aromatic heterocycles. The van der Waals surface area contributed by atoms with Gasteiger partial charge < -0.3 is 5.73 Å². The molecule has 0 fully saturated rings. The highest BCUT2D eigenvalue weighted by molar-refractivity contribution is 7.85. The molecule has 0 heterocycles. The van der Waals surface area contributed by atoms with Crippen LogP contribution in [0, 0.1) is 0 Å². The Labute approximate surface area is 54.4 Å². The Kier molecular flexibility index (Phi) is 2.66. The number of hydrogen-bond acceptors (Lipinski definition) is 4. The molecule has 4 nitrogen and oxygen atoms in total. The van der Waals surface area contributed by atoms with Gasteiger partial charge in [-0.15, -0.1) is 0 Å². The maximum atomic E-state index is 10.2. The van der Waals surface area contributed by atoms with Crippen molar-refractivity contribution in [1.82, 2.24) is 0 Å². The molecule has 9 heavy (non-hydrogen) atoms. The molecular formula is C4H9NO3S. The van der Waals surface area contributed by atoms with Crippen molar-refractivity contribution < 1.29 is 12.6 Å². The van der Waals surface area contributed by atoms with Crippen LogP contribution in [0.1, 0.15) is 0 Å². The maximum Gasteiger partial charge on any atom is 0.264 e. The summed E-state index contributed by atoms with van der Waals surface area (Å²) in [4.78, 5) is 0. The van der Waals surface area contributed by atoms with Crippen LogP contribution < -0.4 is 5.73 Å². The lowest BCUT2D eigenvalue weighted by atomic mass is 10.6. The lowest BCUT2D eigenvalue weighted by Gasteiger charge is -1.97. The molecule has 5 heteroatoms. The van der Waals surface area contributed by atoms with E-state index in [1.807, 2.05) is 0 Å². The van der Waals surface area contributed by atoms with E-state index in [0.29, 0.717) is 0 Å². The van der Waals surface area contributed by atoms with Crippen LogP contribution in [0.3, 0.4) is 0 Å². The molecule has 0 aliphatic carbocycles. The van der Waals surface area contributed by atoms with Crippen molar-refractivity contribution in [1.29, 1.82) is 0 Å².